The second-order valence-electron chi connectivity index (χ2n) is 4.55. The molecule has 0 aromatic heterocycles. The molecule has 2 aliphatic rings. The van der Waals surface area contributed by atoms with Crippen LogP contribution in [0.3, 0.4) is 0 Å². The van der Waals surface area contributed by atoms with Gasteiger partial charge in [0.15, 0.2) is 5.17 Å². The maximum Gasteiger partial charge on any atom is 0.223 e. The van der Waals surface area contributed by atoms with Gasteiger partial charge in [-0.2, -0.15) is 0 Å². The standard InChI is InChI=1S/C11H19N3OS/c1-8-6-14-11(16-7-8)13-5-4-12-10(15)9-2-3-9/h8-9H,2-7H2,1H3,(H,12,15)(H,13,14). The third-order valence-corrected chi connectivity index (χ3v) is 3.98. The van der Waals surface area contributed by atoms with Gasteiger partial charge >= 0.3 is 0 Å². The molecule has 1 aliphatic carbocycles. The van der Waals surface area contributed by atoms with Gasteiger partial charge in [-0.15, -0.1) is 0 Å². The third-order valence-electron chi connectivity index (χ3n) is 2.70. The lowest BCUT2D eigenvalue weighted by atomic mass is 10.2. The number of amidine groups is 1. The minimum atomic E-state index is 0.216. The fraction of sp³-hybridized carbons (Fsp3) is 0.818. The van der Waals surface area contributed by atoms with Gasteiger partial charge in [-0.25, -0.2) is 0 Å². The molecule has 1 heterocycles. The van der Waals surface area contributed by atoms with Gasteiger partial charge in [0.05, 0.1) is 0 Å². The highest BCUT2D eigenvalue weighted by atomic mass is 32.2. The summed E-state index contributed by atoms with van der Waals surface area (Å²) in [5, 5.41) is 7.21. The fourth-order valence-corrected chi connectivity index (χ4v) is 2.43. The second kappa shape index (κ2) is 5.57. The molecule has 0 radical (unpaired) electrons. The van der Waals surface area contributed by atoms with Crippen LogP contribution in [-0.4, -0.2) is 36.5 Å². The van der Waals surface area contributed by atoms with Crippen LogP contribution in [0.2, 0.25) is 0 Å². The van der Waals surface area contributed by atoms with Crippen molar-refractivity contribution in [3.63, 3.8) is 0 Å². The number of aliphatic imine (C=N–C) groups is 1. The van der Waals surface area contributed by atoms with Crippen LogP contribution in [0.5, 0.6) is 0 Å². The average molecular weight is 241 g/mol. The Hall–Kier alpha value is -0.710. The van der Waals surface area contributed by atoms with Crippen molar-refractivity contribution in [1.82, 2.24) is 10.6 Å². The first-order valence-electron chi connectivity index (χ1n) is 5.94. The average Bonchev–Trinajstić information content (AvgIpc) is 3.10. The van der Waals surface area contributed by atoms with E-state index >= 15 is 0 Å². The predicted molar refractivity (Wildman–Crippen MR) is 67.7 cm³/mol. The van der Waals surface area contributed by atoms with Gasteiger partial charge in [0.2, 0.25) is 5.91 Å². The predicted octanol–water partition coefficient (Wildman–Crippen LogP) is 0.841. The Kier molecular flexibility index (Phi) is 4.09. The van der Waals surface area contributed by atoms with Gasteiger partial charge in [0, 0.05) is 31.3 Å². The van der Waals surface area contributed by atoms with Crippen molar-refractivity contribution in [2.75, 3.05) is 25.4 Å². The van der Waals surface area contributed by atoms with Crippen LogP contribution in [0.15, 0.2) is 4.99 Å². The zero-order valence-electron chi connectivity index (χ0n) is 9.66. The molecule has 0 spiro atoms. The van der Waals surface area contributed by atoms with E-state index in [-0.39, 0.29) is 5.91 Å². The summed E-state index contributed by atoms with van der Waals surface area (Å²) in [4.78, 5) is 15.8. The topological polar surface area (TPSA) is 53.5 Å². The van der Waals surface area contributed by atoms with Crippen molar-refractivity contribution in [3.05, 3.63) is 0 Å². The number of nitrogens with zero attached hydrogens (tertiary/aromatic N) is 1. The molecule has 1 unspecified atom stereocenters. The maximum absolute atomic E-state index is 11.3. The first kappa shape index (κ1) is 11.8. The second-order valence-corrected chi connectivity index (χ2v) is 5.56. The Morgan fingerprint density at radius 2 is 2.31 bits per heavy atom. The van der Waals surface area contributed by atoms with E-state index in [2.05, 4.69) is 22.5 Å². The number of thioether (sulfide) groups is 1. The molecule has 1 aliphatic heterocycles. The minimum absolute atomic E-state index is 0.216. The minimum Gasteiger partial charge on any atom is -0.363 e. The van der Waals surface area contributed by atoms with Gasteiger partial charge in [-0.3, -0.25) is 9.79 Å². The molecular formula is C11H19N3OS. The highest BCUT2D eigenvalue weighted by Gasteiger charge is 2.28. The van der Waals surface area contributed by atoms with Crippen molar-refractivity contribution in [1.29, 1.82) is 0 Å². The summed E-state index contributed by atoms with van der Waals surface area (Å²) in [5.74, 6) is 2.35. The van der Waals surface area contributed by atoms with E-state index in [4.69, 9.17) is 0 Å². The molecule has 5 heteroatoms. The highest BCUT2D eigenvalue weighted by molar-refractivity contribution is 8.13. The first-order valence-corrected chi connectivity index (χ1v) is 6.93. The summed E-state index contributed by atoms with van der Waals surface area (Å²) in [6, 6.07) is 0. The summed E-state index contributed by atoms with van der Waals surface area (Å²) in [6.45, 7) is 4.61. The Labute approximate surface area is 101 Å². The van der Waals surface area contributed by atoms with Crippen LogP contribution in [0, 0.1) is 11.8 Å². The van der Waals surface area contributed by atoms with Gasteiger partial charge in [0.25, 0.3) is 0 Å². The fourth-order valence-electron chi connectivity index (χ4n) is 1.51. The van der Waals surface area contributed by atoms with E-state index in [1.165, 1.54) is 0 Å². The molecule has 1 fully saturated rings. The molecule has 0 saturated heterocycles. The lowest BCUT2D eigenvalue weighted by Gasteiger charge is -2.17. The number of carbonyl (C=O) groups is 1. The maximum atomic E-state index is 11.3. The van der Waals surface area contributed by atoms with Crippen molar-refractivity contribution in [2.24, 2.45) is 16.8 Å². The van der Waals surface area contributed by atoms with Crippen LogP contribution in [0.1, 0.15) is 19.8 Å². The largest absolute Gasteiger partial charge is 0.363 e. The first-order chi connectivity index (χ1) is 7.75. The van der Waals surface area contributed by atoms with Crippen LogP contribution in [0.4, 0.5) is 0 Å². The molecule has 1 saturated carbocycles. The monoisotopic (exact) mass is 241 g/mol. The van der Waals surface area contributed by atoms with Gasteiger partial charge in [-0.1, -0.05) is 18.7 Å². The third kappa shape index (κ3) is 3.70. The normalized spacial score (nSPS) is 24.8. The van der Waals surface area contributed by atoms with E-state index in [0.29, 0.717) is 18.4 Å². The van der Waals surface area contributed by atoms with Gasteiger partial charge in [-0.05, 0) is 18.8 Å². The summed E-state index contributed by atoms with van der Waals surface area (Å²) >= 11 is 1.77. The number of carbonyl (C=O) groups excluding carboxylic acids is 1. The summed E-state index contributed by atoms with van der Waals surface area (Å²) in [5.41, 5.74) is 0. The Balaban J connectivity index is 1.55. The van der Waals surface area contributed by atoms with Gasteiger partial charge < -0.3 is 10.6 Å². The van der Waals surface area contributed by atoms with E-state index in [1.807, 2.05) is 0 Å². The molecule has 2 rings (SSSR count). The quantitative estimate of drug-likeness (QED) is 0.717. The van der Waals surface area contributed by atoms with E-state index in [9.17, 15) is 4.79 Å². The van der Waals surface area contributed by atoms with Crippen LogP contribution in [0.25, 0.3) is 0 Å². The molecule has 90 valence electrons. The Bertz CT molecular complexity index is 289. The number of rotatable bonds is 4. The van der Waals surface area contributed by atoms with Crippen LogP contribution < -0.4 is 10.6 Å². The van der Waals surface area contributed by atoms with E-state index in [1.54, 1.807) is 11.8 Å². The van der Waals surface area contributed by atoms with Crippen molar-refractivity contribution >= 4 is 22.8 Å². The Morgan fingerprint density at radius 3 is 2.94 bits per heavy atom. The molecule has 1 amide bonds. The van der Waals surface area contributed by atoms with Crippen molar-refractivity contribution < 1.29 is 4.79 Å². The van der Waals surface area contributed by atoms with Crippen molar-refractivity contribution in [3.8, 4) is 0 Å². The molecule has 16 heavy (non-hydrogen) atoms. The molecular weight excluding hydrogens is 222 g/mol. The smallest absolute Gasteiger partial charge is 0.223 e. The van der Waals surface area contributed by atoms with E-state index in [0.717, 1.165) is 36.9 Å². The zero-order valence-corrected chi connectivity index (χ0v) is 10.5. The molecule has 2 N–H and O–H groups in total. The van der Waals surface area contributed by atoms with E-state index < -0.39 is 0 Å². The Morgan fingerprint density at radius 1 is 1.50 bits per heavy atom. The molecule has 1 atom stereocenters. The number of hydrogen-bond donors (Lipinski definition) is 2. The van der Waals surface area contributed by atoms with Crippen molar-refractivity contribution in [2.45, 2.75) is 19.8 Å². The molecule has 0 bridgehead atoms. The highest BCUT2D eigenvalue weighted by Crippen LogP contribution is 2.28. The zero-order chi connectivity index (χ0) is 11.4. The van der Waals surface area contributed by atoms with Crippen LogP contribution in [-0.2, 0) is 4.79 Å². The lowest BCUT2D eigenvalue weighted by Crippen LogP contribution is -2.35. The molecule has 0 aromatic rings. The molecule has 0 aromatic carbocycles. The number of nitrogens with one attached hydrogen (secondary N) is 2. The summed E-state index contributed by atoms with van der Waals surface area (Å²) < 4.78 is 0. The molecule has 4 nitrogen and oxygen atoms in total. The van der Waals surface area contributed by atoms with Gasteiger partial charge in [0.1, 0.15) is 0 Å². The van der Waals surface area contributed by atoms with Crippen LogP contribution >= 0.6 is 11.8 Å². The summed E-state index contributed by atoms with van der Waals surface area (Å²) in [6.07, 6.45) is 2.14. The SMILES string of the molecule is CC1CN=C(NCCNC(=O)C2CC2)SC1. The number of amides is 1. The summed E-state index contributed by atoms with van der Waals surface area (Å²) in [7, 11) is 0. The lowest BCUT2D eigenvalue weighted by molar-refractivity contribution is -0.122. The number of hydrogen-bond acceptors (Lipinski definition) is 4.